The molecule has 0 radical (unpaired) electrons. The van der Waals surface area contributed by atoms with E-state index in [1.807, 2.05) is 13.1 Å². The fourth-order valence-electron chi connectivity index (χ4n) is 2.07. The largest absolute Gasteiger partial charge is 0.310 e. The summed E-state index contributed by atoms with van der Waals surface area (Å²) in [5, 5.41) is 3.40. The Morgan fingerprint density at radius 2 is 2.15 bits per heavy atom. The second kappa shape index (κ2) is 3.00. The molecule has 2 rings (SSSR count). The predicted molar refractivity (Wildman–Crippen MR) is 55.5 cm³/mol. The standard InChI is InChI=1S/C12H15N/c1-3-10-9-12(10,13-2)11-7-5-4-6-8-11/h3-8,10,13H,1,9H2,2H3. The minimum absolute atomic E-state index is 0.184. The Balaban J connectivity index is 2.30. The minimum Gasteiger partial charge on any atom is -0.310 e. The van der Waals surface area contributed by atoms with Gasteiger partial charge in [-0.05, 0) is 19.0 Å². The molecule has 0 aromatic heterocycles. The van der Waals surface area contributed by atoms with Gasteiger partial charge in [0, 0.05) is 5.92 Å². The van der Waals surface area contributed by atoms with E-state index in [2.05, 4.69) is 42.2 Å². The van der Waals surface area contributed by atoms with Crippen molar-refractivity contribution in [2.24, 2.45) is 5.92 Å². The van der Waals surface area contributed by atoms with Gasteiger partial charge in [0.2, 0.25) is 0 Å². The number of hydrogen-bond donors (Lipinski definition) is 1. The molecular weight excluding hydrogens is 158 g/mol. The number of benzene rings is 1. The molecule has 2 unspecified atom stereocenters. The topological polar surface area (TPSA) is 12.0 Å². The van der Waals surface area contributed by atoms with Gasteiger partial charge in [-0.3, -0.25) is 0 Å². The molecule has 1 heteroatoms. The number of nitrogens with one attached hydrogen (secondary N) is 1. The quantitative estimate of drug-likeness (QED) is 0.692. The average Bonchev–Trinajstić information content (AvgIpc) is 2.94. The van der Waals surface area contributed by atoms with Crippen molar-refractivity contribution >= 4 is 0 Å². The highest BCUT2D eigenvalue weighted by Crippen LogP contribution is 2.52. The zero-order chi connectivity index (χ0) is 9.31. The third-order valence-corrected chi connectivity index (χ3v) is 3.03. The molecule has 13 heavy (non-hydrogen) atoms. The van der Waals surface area contributed by atoms with Crippen molar-refractivity contribution in [2.75, 3.05) is 7.05 Å². The van der Waals surface area contributed by atoms with E-state index in [9.17, 15) is 0 Å². The van der Waals surface area contributed by atoms with E-state index in [0.29, 0.717) is 5.92 Å². The molecule has 1 N–H and O–H groups in total. The third kappa shape index (κ3) is 1.20. The van der Waals surface area contributed by atoms with E-state index in [1.54, 1.807) is 0 Å². The summed E-state index contributed by atoms with van der Waals surface area (Å²) in [5.41, 5.74) is 1.56. The van der Waals surface area contributed by atoms with Crippen LogP contribution in [-0.4, -0.2) is 7.05 Å². The van der Waals surface area contributed by atoms with E-state index in [4.69, 9.17) is 0 Å². The lowest BCUT2D eigenvalue weighted by molar-refractivity contribution is 0.556. The second-order valence-electron chi connectivity index (χ2n) is 3.63. The monoisotopic (exact) mass is 173 g/mol. The Labute approximate surface area is 79.5 Å². The van der Waals surface area contributed by atoms with Crippen molar-refractivity contribution < 1.29 is 0 Å². The molecule has 68 valence electrons. The van der Waals surface area contributed by atoms with E-state index in [1.165, 1.54) is 12.0 Å². The molecule has 1 aromatic rings. The van der Waals surface area contributed by atoms with Crippen molar-refractivity contribution in [3.63, 3.8) is 0 Å². The van der Waals surface area contributed by atoms with Crippen LogP contribution in [0.1, 0.15) is 12.0 Å². The summed E-state index contributed by atoms with van der Waals surface area (Å²) < 4.78 is 0. The molecule has 0 amide bonds. The molecule has 1 aliphatic rings. The first-order valence-corrected chi connectivity index (χ1v) is 4.70. The van der Waals surface area contributed by atoms with Gasteiger partial charge in [0.1, 0.15) is 0 Å². The smallest absolute Gasteiger partial charge is 0.0502 e. The molecule has 1 saturated carbocycles. The van der Waals surface area contributed by atoms with Gasteiger partial charge in [0.15, 0.2) is 0 Å². The molecule has 0 heterocycles. The van der Waals surface area contributed by atoms with Gasteiger partial charge in [-0.25, -0.2) is 0 Å². The van der Waals surface area contributed by atoms with E-state index in [-0.39, 0.29) is 5.54 Å². The Morgan fingerprint density at radius 1 is 1.46 bits per heavy atom. The highest BCUT2D eigenvalue weighted by atomic mass is 15.0. The minimum atomic E-state index is 0.184. The van der Waals surface area contributed by atoms with Crippen molar-refractivity contribution in [1.82, 2.24) is 5.32 Å². The van der Waals surface area contributed by atoms with Crippen molar-refractivity contribution in [2.45, 2.75) is 12.0 Å². The van der Waals surface area contributed by atoms with Gasteiger partial charge in [0.25, 0.3) is 0 Å². The van der Waals surface area contributed by atoms with Crippen LogP contribution in [0.15, 0.2) is 43.0 Å². The van der Waals surface area contributed by atoms with Crippen LogP contribution in [0, 0.1) is 5.92 Å². The molecule has 0 bridgehead atoms. The first-order valence-electron chi connectivity index (χ1n) is 4.70. The molecule has 1 aliphatic carbocycles. The first-order chi connectivity index (χ1) is 6.33. The van der Waals surface area contributed by atoms with Crippen LogP contribution in [0.25, 0.3) is 0 Å². The zero-order valence-corrected chi connectivity index (χ0v) is 7.96. The Kier molecular flexibility index (Phi) is 1.97. The molecule has 0 aliphatic heterocycles. The molecular formula is C12H15N. The fraction of sp³-hybridized carbons (Fsp3) is 0.333. The van der Waals surface area contributed by atoms with Crippen LogP contribution >= 0.6 is 0 Å². The maximum atomic E-state index is 3.85. The van der Waals surface area contributed by atoms with Crippen molar-refractivity contribution in [3.8, 4) is 0 Å². The summed E-state index contributed by atoms with van der Waals surface area (Å²) >= 11 is 0. The third-order valence-electron chi connectivity index (χ3n) is 3.03. The molecule has 1 aromatic carbocycles. The SMILES string of the molecule is C=CC1CC1(NC)c1ccccc1. The molecule has 1 fully saturated rings. The van der Waals surface area contributed by atoms with Crippen LogP contribution in [0.2, 0.25) is 0 Å². The number of hydrogen-bond acceptors (Lipinski definition) is 1. The van der Waals surface area contributed by atoms with Crippen LogP contribution in [0.5, 0.6) is 0 Å². The Bertz CT molecular complexity index is 304. The average molecular weight is 173 g/mol. The lowest BCUT2D eigenvalue weighted by Gasteiger charge is -2.15. The van der Waals surface area contributed by atoms with Gasteiger partial charge < -0.3 is 5.32 Å². The van der Waals surface area contributed by atoms with Gasteiger partial charge in [0.05, 0.1) is 5.54 Å². The highest BCUT2D eigenvalue weighted by Gasteiger charge is 2.52. The van der Waals surface area contributed by atoms with Crippen LogP contribution < -0.4 is 5.32 Å². The van der Waals surface area contributed by atoms with Crippen LogP contribution in [0.3, 0.4) is 0 Å². The summed E-state index contributed by atoms with van der Waals surface area (Å²) in [6.07, 6.45) is 3.22. The summed E-state index contributed by atoms with van der Waals surface area (Å²) in [7, 11) is 2.02. The maximum Gasteiger partial charge on any atom is 0.0502 e. The maximum absolute atomic E-state index is 3.85. The molecule has 0 saturated heterocycles. The Hall–Kier alpha value is -1.08. The highest BCUT2D eigenvalue weighted by molar-refractivity contribution is 5.34. The van der Waals surface area contributed by atoms with E-state index >= 15 is 0 Å². The van der Waals surface area contributed by atoms with E-state index < -0.39 is 0 Å². The van der Waals surface area contributed by atoms with E-state index in [0.717, 1.165) is 0 Å². The van der Waals surface area contributed by atoms with Gasteiger partial charge in [-0.2, -0.15) is 0 Å². The molecule has 1 nitrogen and oxygen atoms in total. The van der Waals surface area contributed by atoms with Gasteiger partial charge in [-0.15, -0.1) is 6.58 Å². The summed E-state index contributed by atoms with van der Waals surface area (Å²) in [4.78, 5) is 0. The lowest BCUT2D eigenvalue weighted by atomic mass is 10.0. The predicted octanol–water partition coefficient (Wildman–Crippen LogP) is 2.31. The molecule has 2 atom stereocenters. The van der Waals surface area contributed by atoms with Gasteiger partial charge in [-0.1, -0.05) is 36.4 Å². The Morgan fingerprint density at radius 3 is 2.62 bits per heavy atom. The zero-order valence-electron chi connectivity index (χ0n) is 7.96. The summed E-state index contributed by atoms with van der Waals surface area (Å²) in [5.74, 6) is 0.597. The normalized spacial score (nSPS) is 31.3. The van der Waals surface area contributed by atoms with Crippen molar-refractivity contribution in [1.29, 1.82) is 0 Å². The van der Waals surface area contributed by atoms with Crippen LogP contribution in [-0.2, 0) is 5.54 Å². The first kappa shape index (κ1) is 8.52. The summed E-state index contributed by atoms with van der Waals surface area (Å²) in [6.45, 7) is 3.85. The second-order valence-corrected chi connectivity index (χ2v) is 3.63. The fourth-order valence-corrected chi connectivity index (χ4v) is 2.07. The molecule has 0 spiro atoms. The van der Waals surface area contributed by atoms with Gasteiger partial charge >= 0.3 is 0 Å². The van der Waals surface area contributed by atoms with Crippen LogP contribution in [0.4, 0.5) is 0 Å². The lowest BCUT2D eigenvalue weighted by Crippen LogP contribution is -2.26. The number of rotatable bonds is 3. The van der Waals surface area contributed by atoms with Crippen molar-refractivity contribution in [3.05, 3.63) is 48.6 Å². The summed E-state index contributed by atoms with van der Waals surface area (Å²) in [6, 6.07) is 10.6.